The Morgan fingerprint density at radius 3 is 2.56 bits per heavy atom. The second-order valence-electron chi connectivity index (χ2n) is 5.03. The Kier molecular flexibility index (Phi) is 13.2. The van der Waals surface area contributed by atoms with E-state index in [1.54, 1.807) is 25.1 Å². The summed E-state index contributed by atoms with van der Waals surface area (Å²) in [6, 6.07) is 5.06. The van der Waals surface area contributed by atoms with E-state index in [4.69, 9.17) is 4.74 Å². The van der Waals surface area contributed by atoms with Crippen LogP contribution in [-0.2, 0) is 6.54 Å². The summed E-state index contributed by atoms with van der Waals surface area (Å²) in [7, 11) is 0. The van der Waals surface area contributed by atoms with Gasteiger partial charge in [-0.15, -0.1) is 24.0 Å². The third-order valence-corrected chi connectivity index (χ3v) is 3.14. The van der Waals surface area contributed by atoms with Gasteiger partial charge in [-0.1, -0.05) is 25.5 Å². The fourth-order valence-electron chi connectivity index (χ4n) is 2.07. The van der Waals surface area contributed by atoms with Gasteiger partial charge in [0.2, 0.25) is 0 Å². The van der Waals surface area contributed by atoms with Crippen molar-refractivity contribution in [3.8, 4) is 11.5 Å². The van der Waals surface area contributed by atoms with E-state index in [1.165, 1.54) is 0 Å². The summed E-state index contributed by atoms with van der Waals surface area (Å²) in [6.07, 6.45) is 2.11. The van der Waals surface area contributed by atoms with E-state index >= 15 is 0 Å². The minimum atomic E-state index is -2.91. The molecule has 0 saturated carbocycles. The van der Waals surface area contributed by atoms with Crippen LogP contribution < -0.4 is 20.1 Å². The number of halogens is 3. The Balaban J connectivity index is 0.00000576. The Labute approximate surface area is 165 Å². The molecule has 0 aromatic heterocycles. The van der Waals surface area contributed by atoms with Gasteiger partial charge in [0.25, 0.3) is 0 Å². The lowest BCUT2D eigenvalue weighted by Gasteiger charge is -2.15. The molecule has 0 spiro atoms. The molecule has 8 heteroatoms. The highest BCUT2D eigenvalue weighted by molar-refractivity contribution is 14.0. The van der Waals surface area contributed by atoms with Crippen LogP contribution in [0.15, 0.2) is 23.2 Å². The second kappa shape index (κ2) is 13.9. The van der Waals surface area contributed by atoms with E-state index in [-0.39, 0.29) is 36.3 Å². The standard InChI is InChI=1S/C17H27F2N3O2.HI/c1-4-7-11-21-17(20-5-2)22-12-13-9-8-10-14(23-6-3)15(13)24-16(18)19;/h8-10,16H,4-7,11-12H2,1-3H3,(H2,20,21,22);1H. The number of ether oxygens (including phenoxy) is 2. The number of unbranched alkanes of at least 4 members (excludes halogenated alkanes) is 1. The number of hydrogen-bond donors (Lipinski definition) is 2. The van der Waals surface area contributed by atoms with Crippen molar-refractivity contribution in [1.29, 1.82) is 0 Å². The molecule has 1 aromatic carbocycles. The van der Waals surface area contributed by atoms with Crippen LogP contribution in [0, 0.1) is 0 Å². The highest BCUT2D eigenvalue weighted by Crippen LogP contribution is 2.33. The zero-order valence-electron chi connectivity index (χ0n) is 15.0. The number of benzene rings is 1. The minimum absolute atomic E-state index is 0. The summed E-state index contributed by atoms with van der Waals surface area (Å²) in [5.41, 5.74) is 0.550. The van der Waals surface area contributed by atoms with Crippen LogP contribution in [0.1, 0.15) is 39.2 Å². The maximum Gasteiger partial charge on any atom is 0.387 e. The molecule has 0 atom stereocenters. The van der Waals surface area contributed by atoms with E-state index in [1.807, 2.05) is 6.92 Å². The van der Waals surface area contributed by atoms with Crippen LogP contribution >= 0.6 is 24.0 Å². The Morgan fingerprint density at radius 2 is 1.96 bits per heavy atom. The highest BCUT2D eigenvalue weighted by atomic mass is 127. The molecule has 1 rings (SSSR count). The van der Waals surface area contributed by atoms with E-state index in [0.29, 0.717) is 23.9 Å². The van der Waals surface area contributed by atoms with Crippen molar-refractivity contribution in [1.82, 2.24) is 10.6 Å². The summed E-state index contributed by atoms with van der Waals surface area (Å²) in [6.45, 7) is 5.07. The highest BCUT2D eigenvalue weighted by Gasteiger charge is 2.15. The summed E-state index contributed by atoms with van der Waals surface area (Å²) < 4.78 is 35.4. The lowest BCUT2D eigenvalue weighted by molar-refractivity contribution is -0.0520. The molecule has 2 N–H and O–H groups in total. The van der Waals surface area contributed by atoms with Gasteiger partial charge in [-0.3, -0.25) is 0 Å². The zero-order chi connectivity index (χ0) is 17.8. The molecule has 0 bridgehead atoms. The van der Waals surface area contributed by atoms with E-state index in [9.17, 15) is 8.78 Å². The molecule has 0 heterocycles. The van der Waals surface area contributed by atoms with E-state index in [0.717, 1.165) is 25.9 Å². The van der Waals surface area contributed by atoms with Gasteiger partial charge in [0.1, 0.15) is 0 Å². The molecular weight excluding hydrogens is 443 g/mol. The van der Waals surface area contributed by atoms with Crippen molar-refractivity contribution in [2.45, 2.75) is 46.8 Å². The third-order valence-electron chi connectivity index (χ3n) is 3.14. The molecule has 0 radical (unpaired) electrons. The molecule has 0 aliphatic carbocycles. The van der Waals surface area contributed by atoms with Crippen LogP contribution in [0.3, 0.4) is 0 Å². The Morgan fingerprint density at radius 1 is 1.20 bits per heavy atom. The number of alkyl halides is 2. The predicted molar refractivity (Wildman–Crippen MR) is 107 cm³/mol. The normalized spacial score (nSPS) is 11.0. The zero-order valence-corrected chi connectivity index (χ0v) is 17.3. The topological polar surface area (TPSA) is 54.9 Å². The largest absolute Gasteiger partial charge is 0.490 e. The van der Waals surface area contributed by atoms with Crippen LogP contribution in [0.2, 0.25) is 0 Å². The molecule has 0 fully saturated rings. The monoisotopic (exact) mass is 471 g/mol. The van der Waals surface area contributed by atoms with Crippen LogP contribution in [0.5, 0.6) is 11.5 Å². The van der Waals surface area contributed by atoms with E-state index < -0.39 is 6.61 Å². The molecule has 0 aliphatic heterocycles. The summed E-state index contributed by atoms with van der Waals surface area (Å²) in [5.74, 6) is 0.993. The quantitative estimate of drug-likeness (QED) is 0.233. The van der Waals surface area contributed by atoms with Gasteiger partial charge in [-0.2, -0.15) is 8.78 Å². The van der Waals surface area contributed by atoms with Crippen molar-refractivity contribution < 1.29 is 18.3 Å². The number of hydrogen-bond acceptors (Lipinski definition) is 3. The van der Waals surface area contributed by atoms with Crippen LogP contribution in [0.25, 0.3) is 0 Å². The Hall–Kier alpha value is -1.32. The number of rotatable bonds is 10. The lowest BCUT2D eigenvalue weighted by atomic mass is 10.2. The average molecular weight is 471 g/mol. The van der Waals surface area contributed by atoms with Gasteiger partial charge < -0.3 is 20.1 Å². The molecule has 25 heavy (non-hydrogen) atoms. The first-order valence-electron chi connectivity index (χ1n) is 8.33. The van der Waals surface area contributed by atoms with Gasteiger partial charge in [-0.05, 0) is 26.3 Å². The number of para-hydroxylation sites is 1. The number of nitrogens with one attached hydrogen (secondary N) is 2. The maximum absolute atomic E-state index is 12.7. The number of guanidine groups is 1. The molecular formula is C17H28F2IN3O2. The second-order valence-corrected chi connectivity index (χ2v) is 5.03. The number of nitrogens with zero attached hydrogens (tertiary/aromatic N) is 1. The van der Waals surface area contributed by atoms with Crippen molar-refractivity contribution >= 4 is 29.9 Å². The fraction of sp³-hybridized carbons (Fsp3) is 0.588. The first-order chi connectivity index (χ1) is 11.6. The Bertz CT molecular complexity index is 517. The van der Waals surface area contributed by atoms with Crippen molar-refractivity contribution in [2.24, 2.45) is 4.99 Å². The fourth-order valence-corrected chi connectivity index (χ4v) is 2.07. The third kappa shape index (κ3) is 9.08. The van der Waals surface area contributed by atoms with Crippen molar-refractivity contribution in [3.63, 3.8) is 0 Å². The van der Waals surface area contributed by atoms with Gasteiger partial charge in [0.15, 0.2) is 17.5 Å². The molecule has 0 aliphatic rings. The molecule has 0 amide bonds. The van der Waals surface area contributed by atoms with Gasteiger partial charge in [0.05, 0.1) is 13.2 Å². The molecule has 144 valence electrons. The SMILES string of the molecule is CCCCNC(=NCc1cccc(OCC)c1OC(F)F)NCC.I. The van der Waals surface area contributed by atoms with Gasteiger partial charge >= 0.3 is 6.61 Å². The molecule has 0 saturated heterocycles. The van der Waals surface area contributed by atoms with Gasteiger partial charge in [0, 0.05) is 18.7 Å². The van der Waals surface area contributed by atoms with Crippen molar-refractivity contribution in [2.75, 3.05) is 19.7 Å². The van der Waals surface area contributed by atoms with Crippen LogP contribution in [0.4, 0.5) is 8.78 Å². The first kappa shape index (κ1) is 23.7. The van der Waals surface area contributed by atoms with Crippen molar-refractivity contribution in [3.05, 3.63) is 23.8 Å². The van der Waals surface area contributed by atoms with Crippen LogP contribution in [-0.4, -0.2) is 32.3 Å². The summed E-state index contributed by atoms with van der Waals surface area (Å²) >= 11 is 0. The van der Waals surface area contributed by atoms with Gasteiger partial charge in [-0.25, -0.2) is 4.99 Å². The van der Waals surface area contributed by atoms with E-state index in [2.05, 4.69) is 27.3 Å². The predicted octanol–water partition coefficient (Wildman–Crippen LogP) is 4.16. The lowest BCUT2D eigenvalue weighted by Crippen LogP contribution is -2.37. The molecule has 1 aromatic rings. The number of aliphatic imine (C=N–C) groups is 1. The summed E-state index contributed by atoms with van der Waals surface area (Å²) in [4.78, 5) is 4.44. The smallest absolute Gasteiger partial charge is 0.387 e. The maximum atomic E-state index is 12.7. The average Bonchev–Trinajstić information content (AvgIpc) is 2.55. The summed E-state index contributed by atoms with van der Waals surface area (Å²) in [5, 5.41) is 6.34. The molecule has 5 nitrogen and oxygen atoms in total. The minimum Gasteiger partial charge on any atom is -0.490 e. The first-order valence-corrected chi connectivity index (χ1v) is 8.33. The molecule has 0 unspecified atom stereocenters.